The number of hydrogen-bond donors (Lipinski definition) is 2. The summed E-state index contributed by atoms with van der Waals surface area (Å²) in [4.78, 5) is 20.6. The number of primary amides is 1. The number of nitrogens with two attached hydrogens (primary N) is 1. The fourth-order valence-electron chi connectivity index (χ4n) is 0.728. The summed E-state index contributed by atoms with van der Waals surface area (Å²) in [6.07, 6.45) is 2.14. The van der Waals surface area contributed by atoms with Crippen LogP contribution in [0.3, 0.4) is 0 Å². The van der Waals surface area contributed by atoms with Gasteiger partial charge in [0, 0.05) is 6.08 Å². The van der Waals surface area contributed by atoms with Gasteiger partial charge in [-0.1, -0.05) is 0 Å². The van der Waals surface area contributed by atoms with Gasteiger partial charge >= 0.3 is 5.97 Å². The summed E-state index contributed by atoms with van der Waals surface area (Å²) in [7, 11) is 0. The van der Waals surface area contributed by atoms with Crippen molar-refractivity contribution in [1.82, 2.24) is 0 Å². The van der Waals surface area contributed by atoms with Gasteiger partial charge in [-0.05, 0) is 18.2 Å². The molecule has 0 unspecified atom stereocenters. The maximum absolute atomic E-state index is 10.5. The van der Waals surface area contributed by atoms with Crippen LogP contribution in [0.15, 0.2) is 22.6 Å². The van der Waals surface area contributed by atoms with Crippen LogP contribution in [-0.2, 0) is 4.79 Å². The molecule has 0 saturated heterocycles. The van der Waals surface area contributed by atoms with Crippen molar-refractivity contribution < 1.29 is 19.1 Å². The Morgan fingerprint density at radius 2 is 2.15 bits per heavy atom. The molecule has 0 fully saturated rings. The summed E-state index contributed by atoms with van der Waals surface area (Å²) in [5, 5.41) is 8.27. The molecule has 3 N–H and O–H groups in total. The minimum absolute atomic E-state index is 0.00467. The normalized spacial score (nSPS) is 10.5. The van der Waals surface area contributed by atoms with E-state index in [9.17, 15) is 9.59 Å². The van der Waals surface area contributed by atoms with Gasteiger partial charge in [0.2, 0.25) is 0 Å². The lowest BCUT2D eigenvalue weighted by Crippen LogP contribution is -2.09. The third-order valence-electron chi connectivity index (χ3n) is 1.26. The van der Waals surface area contributed by atoms with Crippen LogP contribution >= 0.6 is 0 Å². The third kappa shape index (κ3) is 2.48. The summed E-state index contributed by atoms with van der Waals surface area (Å²) in [5.74, 6) is -1.49. The van der Waals surface area contributed by atoms with Crippen LogP contribution in [0.5, 0.6) is 0 Å². The van der Waals surface area contributed by atoms with E-state index >= 15 is 0 Å². The average molecular weight is 181 g/mol. The molecule has 1 heterocycles. The highest BCUT2D eigenvalue weighted by Gasteiger charge is 2.04. The number of furan rings is 1. The fraction of sp³-hybridized carbons (Fsp3) is 0. The molecule has 0 spiro atoms. The molecular weight excluding hydrogens is 174 g/mol. The number of aliphatic carboxylic acids is 1. The smallest absolute Gasteiger partial charge is 0.328 e. The highest BCUT2D eigenvalue weighted by atomic mass is 16.4. The predicted octanol–water partition coefficient (Wildman–Crippen LogP) is 0.476. The Labute approximate surface area is 73.5 Å². The van der Waals surface area contributed by atoms with Gasteiger partial charge in [0.1, 0.15) is 5.76 Å². The van der Waals surface area contributed by atoms with Crippen LogP contribution in [0.4, 0.5) is 0 Å². The molecule has 0 aliphatic carbocycles. The number of rotatable bonds is 3. The summed E-state index contributed by atoms with van der Waals surface area (Å²) in [6, 6.07) is 2.84. The van der Waals surface area contributed by atoms with E-state index in [1.165, 1.54) is 18.2 Å². The van der Waals surface area contributed by atoms with Crippen LogP contribution < -0.4 is 5.73 Å². The van der Waals surface area contributed by atoms with Gasteiger partial charge in [-0.25, -0.2) is 4.79 Å². The first-order valence-electron chi connectivity index (χ1n) is 3.40. The molecule has 1 aromatic rings. The highest BCUT2D eigenvalue weighted by molar-refractivity contribution is 5.90. The molecule has 0 atom stereocenters. The number of carbonyl (C=O) groups excluding carboxylic acids is 1. The van der Waals surface area contributed by atoms with Crippen molar-refractivity contribution in [2.24, 2.45) is 5.73 Å². The lowest BCUT2D eigenvalue weighted by molar-refractivity contribution is -0.131. The monoisotopic (exact) mass is 181 g/mol. The molecule has 13 heavy (non-hydrogen) atoms. The lowest BCUT2D eigenvalue weighted by atomic mass is 10.4. The molecule has 0 radical (unpaired) electrons. The fourth-order valence-corrected chi connectivity index (χ4v) is 0.728. The van der Waals surface area contributed by atoms with Crippen molar-refractivity contribution >= 4 is 18.0 Å². The second-order valence-electron chi connectivity index (χ2n) is 2.24. The van der Waals surface area contributed by atoms with Crippen molar-refractivity contribution in [3.05, 3.63) is 29.7 Å². The first kappa shape index (κ1) is 9.05. The number of carbonyl (C=O) groups is 2. The Hall–Kier alpha value is -2.04. The molecule has 0 aliphatic heterocycles. The molecule has 5 nitrogen and oxygen atoms in total. The van der Waals surface area contributed by atoms with E-state index in [0.29, 0.717) is 0 Å². The molecule has 0 saturated carbocycles. The van der Waals surface area contributed by atoms with E-state index in [4.69, 9.17) is 15.3 Å². The summed E-state index contributed by atoms with van der Waals surface area (Å²) in [6.45, 7) is 0. The van der Waals surface area contributed by atoms with Crippen molar-refractivity contribution in [1.29, 1.82) is 0 Å². The van der Waals surface area contributed by atoms with Crippen LogP contribution in [0.2, 0.25) is 0 Å². The van der Waals surface area contributed by atoms with Crippen molar-refractivity contribution in [2.45, 2.75) is 0 Å². The zero-order valence-corrected chi connectivity index (χ0v) is 6.56. The van der Waals surface area contributed by atoms with E-state index in [2.05, 4.69) is 0 Å². The molecule has 68 valence electrons. The standard InChI is InChI=1S/C8H7NO4/c9-8(12)6-3-1-5(13-6)2-4-7(10)11/h1-4H,(H2,9,12)(H,10,11). The molecule has 1 rings (SSSR count). The second-order valence-corrected chi connectivity index (χ2v) is 2.24. The zero-order chi connectivity index (χ0) is 9.84. The van der Waals surface area contributed by atoms with Gasteiger partial charge in [0.25, 0.3) is 5.91 Å². The van der Waals surface area contributed by atoms with E-state index < -0.39 is 11.9 Å². The first-order chi connectivity index (χ1) is 6.09. The minimum atomic E-state index is -1.09. The van der Waals surface area contributed by atoms with E-state index in [0.717, 1.165) is 6.08 Å². The molecule has 5 heteroatoms. The summed E-state index contributed by atoms with van der Waals surface area (Å²) >= 11 is 0. The SMILES string of the molecule is NC(=O)c1ccc(C=CC(=O)O)o1. The molecule has 0 aliphatic rings. The Morgan fingerprint density at radius 1 is 1.46 bits per heavy atom. The number of amides is 1. The van der Waals surface area contributed by atoms with Gasteiger partial charge in [0.15, 0.2) is 5.76 Å². The van der Waals surface area contributed by atoms with Crippen LogP contribution in [0, 0.1) is 0 Å². The average Bonchev–Trinajstić information content (AvgIpc) is 2.48. The summed E-state index contributed by atoms with van der Waals surface area (Å²) < 4.78 is 4.87. The van der Waals surface area contributed by atoms with E-state index in [-0.39, 0.29) is 11.5 Å². The quantitative estimate of drug-likeness (QED) is 0.663. The zero-order valence-electron chi connectivity index (χ0n) is 6.56. The van der Waals surface area contributed by atoms with E-state index in [1.807, 2.05) is 0 Å². The molecule has 0 bridgehead atoms. The highest BCUT2D eigenvalue weighted by Crippen LogP contribution is 2.08. The minimum Gasteiger partial charge on any atom is -0.478 e. The second kappa shape index (κ2) is 3.57. The third-order valence-corrected chi connectivity index (χ3v) is 1.26. The lowest BCUT2D eigenvalue weighted by Gasteiger charge is -1.85. The van der Waals surface area contributed by atoms with E-state index in [1.54, 1.807) is 0 Å². The van der Waals surface area contributed by atoms with Gasteiger partial charge in [-0.2, -0.15) is 0 Å². The topological polar surface area (TPSA) is 93.5 Å². The Morgan fingerprint density at radius 3 is 2.62 bits per heavy atom. The van der Waals surface area contributed by atoms with Crippen LogP contribution in [-0.4, -0.2) is 17.0 Å². The van der Waals surface area contributed by atoms with Gasteiger partial charge in [0.05, 0.1) is 0 Å². The van der Waals surface area contributed by atoms with Gasteiger partial charge in [-0.15, -0.1) is 0 Å². The van der Waals surface area contributed by atoms with Crippen LogP contribution in [0.25, 0.3) is 6.08 Å². The maximum Gasteiger partial charge on any atom is 0.328 e. The Kier molecular flexibility index (Phi) is 2.49. The van der Waals surface area contributed by atoms with Crippen LogP contribution in [0.1, 0.15) is 16.3 Å². The van der Waals surface area contributed by atoms with Crippen molar-refractivity contribution in [2.75, 3.05) is 0 Å². The van der Waals surface area contributed by atoms with Gasteiger partial charge < -0.3 is 15.3 Å². The number of carboxylic acids is 1. The van der Waals surface area contributed by atoms with Gasteiger partial charge in [-0.3, -0.25) is 4.79 Å². The Bertz CT molecular complexity index is 364. The predicted molar refractivity (Wildman–Crippen MR) is 43.9 cm³/mol. The molecule has 1 aromatic heterocycles. The summed E-state index contributed by atoms with van der Waals surface area (Å²) in [5.41, 5.74) is 4.91. The molecule has 1 amide bonds. The van der Waals surface area contributed by atoms with Crippen molar-refractivity contribution in [3.63, 3.8) is 0 Å². The Balaban J connectivity index is 2.80. The first-order valence-corrected chi connectivity index (χ1v) is 3.40. The number of carboxylic acid groups (broad SMARTS) is 1. The molecule has 0 aromatic carbocycles. The number of hydrogen-bond acceptors (Lipinski definition) is 3. The largest absolute Gasteiger partial charge is 0.478 e. The maximum atomic E-state index is 10.5. The molecular formula is C8H7NO4. The van der Waals surface area contributed by atoms with Crippen molar-refractivity contribution in [3.8, 4) is 0 Å².